The van der Waals surface area contributed by atoms with Gasteiger partial charge in [0.2, 0.25) is 10.0 Å². The molecule has 1 N–H and O–H groups in total. The van der Waals surface area contributed by atoms with Crippen molar-refractivity contribution >= 4 is 33.2 Å². The van der Waals surface area contributed by atoms with Gasteiger partial charge < -0.3 is 4.90 Å². The molecule has 7 heteroatoms. The number of unbranched alkanes of at least 4 members (excludes halogenated alkanes) is 1. The smallest absolute Gasteiger partial charge is 0.242 e. The molecular formula is C17H26Cl2N2O2S. The predicted octanol–water partition coefficient (Wildman–Crippen LogP) is 4.03. The molecule has 1 aromatic carbocycles. The van der Waals surface area contributed by atoms with Crippen LogP contribution in [-0.2, 0) is 10.0 Å². The number of benzene rings is 1. The van der Waals surface area contributed by atoms with Crippen molar-refractivity contribution in [1.82, 2.24) is 9.62 Å². The van der Waals surface area contributed by atoms with Gasteiger partial charge in [0, 0.05) is 19.6 Å². The van der Waals surface area contributed by atoms with Crippen LogP contribution in [0, 0.1) is 11.8 Å². The highest BCUT2D eigenvalue weighted by Gasteiger charge is 2.21. The van der Waals surface area contributed by atoms with Crippen molar-refractivity contribution in [2.75, 3.05) is 26.2 Å². The number of likely N-dealkylation sites (tertiary alicyclic amines) is 1. The lowest BCUT2D eigenvalue weighted by molar-refractivity contribution is 0.139. The van der Waals surface area contributed by atoms with Crippen molar-refractivity contribution in [3.05, 3.63) is 28.2 Å². The zero-order valence-corrected chi connectivity index (χ0v) is 16.6. The summed E-state index contributed by atoms with van der Waals surface area (Å²) in [5, 5.41) is 0.316. The van der Waals surface area contributed by atoms with Crippen molar-refractivity contribution in [3.8, 4) is 0 Å². The van der Waals surface area contributed by atoms with E-state index in [-0.39, 0.29) is 14.9 Å². The van der Waals surface area contributed by atoms with Gasteiger partial charge >= 0.3 is 0 Å². The summed E-state index contributed by atoms with van der Waals surface area (Å²) >= 11 is 11.9. The first-order chi connectivity index (χ1) is 11.3. The van der Waals surface area contributed by atoms with Crippen LogP contribution >= 0.6 is 23.2 Å². The maximum Gasteiger partial charge on any atom is 0.242 e. The largest absolute Gasteiger partial charge is 0.303 e. The minimum Gasteiger partial charge on any atom is -0.303 e. The molecule has 2 rings (SSSR count). The summed E-state index contributed by atoms with van der Waals surface area (Å²) in [7, 11) is -3.62. The fourth-order valence-electron chi connectivity index (χ4n) is 3.41. The SMILES string of the molecule is C[C@@H]1C[C@@H](C)CN(CCCCNS(=O)(=O)c2cccc(Cl)c2Cl)C1. The fraction of sp³-hybridized carbons (Fsp3) is 0.647. The molecule has 1 saturated heterocycles. The quantitative estimate of drug-likeness (QED) is 0.712. The molecule has 0 aromatic heterocycles. The third-order valence-electron chi connectivity index (χ3n) is 4.34. The highest BCUT2D eigenvalue weighted by Crippen LogP contribution is 2.28. The van der Waals surface area contributed by atoms with Gasteiger partial charge in [0.1, 0.15) is 4.90 Å². The van der Waals surface area contributed by atoms with Crippen molar-refractivity contribution in [2.24, 2.45) is 11.8 Å². The van der Waals surface area contributed by atoms with Gasteiger partial charge in [0.15, 0.2) is 0 Å². The summed E-state index contributed by atoms with van der Waals surface area (Å²) < 4.78 is 27.2. The van der Waals surface area contributed by atoms with E-state index in [9.17, 15) is 8.42 Å². The molecule has 1 aromatic rings. The van der Waals surface area contributed by atoms with E-state index in [4.69, 9.17) is 23.2 Å². The summed E-state index contributed by atoms with van der Waals surface area (Å²) in [6.45, 7) is 8.32. The zero-order valence-electron chi connectivity index (χ0n) is 14.3. The molecule has 1 aliphatic rings. The normalized spacial score (nSPS) is 22.7. The number of sulfonamides is 1. The van der Waals surface area contributed by atoms with Crippen LogP contribution in [0.5, 0.6) is 0 Å². The standard InChI is InChI=1S/C17H26Cl2N2O2S/c1-13-10-14(2)12-21(11-13)9-4-3-8-20-24(22,23)16-7-5-6-15(18)17(16)19/h5-7,13-14,20H,3-4,8-12H2,1-2H3/t13-,14-/m1/s1. The lowest BCUT2D eigenvalue weighted by atomic mass is 9.92. The maximum atomic E-state index is 12.3. The fourth-order valence-corrected chi connectivity index (χ4v) is 5.24. The van der Waals surface area contributed by atoms with Crippen molar-refractivity contribution in [2.45, 2.75) is 38.0 Å². The number of hydrogen-bond donors (Lipinski definition) is 1. The van der Waals surface area contributed by atoms with E-state index in [0.29, 0.717) is 6.54 Å². The lowest BCUT2D eigenvalue weighted by Crippen LogP contribution is -2.39. The topological polar surface area (TPSA) is 49.4 Å². The van der Waals surface area contributed by atoms with Gasteiger partial charge in [-0.05, 0) is 49.8 Å². The van der Waals surface area contributed by atoms with E-state index in [1.807, 2.05) is 0 Å². The molecule has 0 aliphatic carbocycles. The molecular weight excluding hydrogens is 367 g/mol. The summed E-state index contributed by atoms with van der Waals surface area (Å²) in [5.74, 6) is 1.49. The van der Waals surface area contributed by atoms with Crippen LogP contribution in [0.25, 0.3) is 0 Å². The van der Waals surface area contributed by atoms with Crippen LogP contribution in [0.4, 0.5) is 0 Å². The molecule has 0 spiro atoms. The number of nitrogens with one attached hydrogen (secondary N) is 1. The Labute approximate surface area is 155 Å². The Balaban J connectivity index is 1.76. The average Bonchev–Trinajstić information content (AvgIpc) is 2.48. The van der Waals surface area contributed by atoms with E-state index in [2.05, 4.69) is 23.5 Å². The van der Waals surface area contributed by atoms with Gasteiger partial charge in [-0.25, -0.2) is 13.1 Å². The van der Waals surface area contributed by atoms with E-state index in [1.54, 1.807) is 12.1 Å². The highest BCUT2D eigenvalue weighted by molar-refractivity contribution is 7.89. The molecule has 4 nitrogen and oxygen atoms in total. The van der Waals surface area contributed by atoms with Crippen molar-refractivity contribution in [3.63, 3.8) is 0 Å². The molecule has 136 valence electrons. The Morgan fingerprint density at radius 3 is 2.50 bits per heavy atom. The van der Waals surface area contributed by atoms with Gasteiger partial charge in [-0.3, -0.25) is 0 Å². The number of piperidine rings is 1. The minimum atomic E-state index is -3.62. The summed E-state index contributed by atoms with van der Waals surface area (Å²) in [5.41, 5.74) is 0. The molecule has 1 heterocycles. The molecule has 1 fully saturated rings. The number of hydrogen-bond acceptors (Lipinski definition) is 3. The Hall–Kier alpha value is -0.330. The third-order valence-corrected chi connectivity index (χ3v) is 6.78. The first-order valence-electron chi connectivity index (χ1n) is 8.45. The Kier molecular flexibility index (Phi) is 7.38. The van der Waals surface area contributed by atoms with Crippen molar-refractivity contribution in [1.29, 1.82) is 0 Å². The van der Waals surface area contributed by atoms with Crippen LogP contribution in [0.2, 0.25) is 10.0 Å². The number of nitrogens with zero attached hydrogens (tertiary/aromatic N) is 1. The highest BCUT2D eigenvalue weighted by atomic mass is 35.5. The van der Waals surface area contributed by atoms with E-state index in [0.717, 1.165) is 44.3 Å². The van der Waals surface area contributed by atoms with Crippen LogP contribution < -0.4 is 4.72 Å². The van der Waals surface area contributed by atoms with Crippen LogP contribution in [0.3, 0.4) is 0 Å². The molecule has 24 heavy (non-hydrogen) atoms. The van der Waals surface area contributed by atoms with E-state index in [1.165, 1.54) is 12.5 Å². The number of rotatable bonds is 7. The maximum absolute atomic E-state index is 12.3. The Morgan fingerprint density at radius 1 is 1.17 bits per heavy atom. The summed E-state index contributed by atoms with van der Waals surface area (Å²) in [6.07, 6.45) is 3.08. The molecule has 2 atom stereocenters. The molecule has 0 saturated carbocycles. The minimum absolute atomic E-state index is 0.0374. The average molecular weight is 393 g/mol. The Morgan fingerprint density at radius 2 is 1.83 bits per heavy atom. The van der Waals surface area contributed by atoms with Gasteiger partial charge in [0.25, 0.3) is 0 Å². The molecule has 0 unspecified atom stereocenters. The van der Waals surface area contributed by atoms with Crippen LogP contribution in [0.15, 0.2) is 23.1 Å². The van der Waals surface area contributed by atoms with Crippen LogP contribution in [0.1, 0.15) is 33.1 Å². The molecule has 0 bridgehead atoms. The van der Waals surface area contributed by atoms with E-state index >= 15 is 0 Å². The van der Waals surface area contributed by atoms with Gasteiger partial charge in [0.05, 0.1) is 10.0 Å². The third kappa shape index (κ3) is 5.60. The summed E-state index contributed by atoms with van der Waals surface area (Å²) in [4.78, 5) is 2.52. The second kappa shape index (κ2) is 8.86. The predicted molar refractivity (Wildman–Crippen MR) is 100 cm³/mol. The van der Waals surface area contributed by atoms with Crippen molar-refractivity contribution < 1.29 is 8.42 Å². The summed E-state index contributed by atoms with van der Waals surface area (Å²) in [6, 6.07) is 4.62. The molecule has 0 radical (unpaired) electrons. The van der Waals surface area contributed by atoms with Gasteiger partial charge in [-0.15, -0.1) is 0 Å². The first kappa shape index (κ1) is 20.0. The molecule has 0 amide bonds. The van der Waals surface area contributed by atoms with Crippen LogP contribution in [-0.4, -0.2) is 39.5 Å². The Bertz CT molecular complexity index is 642. The zero-order chi connectivity index (χ0) is 17.7. The number of halogens is 2. The first-order valence-corrected chi connectivity index (χ1v) is 10.7. The van der Waals surface area contributed by atoms with Gasteiger partial charge in [-0.1, -0.05) is 43.1 Å². The van der Waals surface area contributed by atoms with Gasteiger partial charge in [-0.2, -0.15) is 0 Å². The van der Waals surface area contributed by atoms with E-state index < -0.39 is 10.0 Å². The second-order valence-corrected chi connectivity index (χ2v) is 9.38. The monoisotopic (exact) mass is 392 g/mol. The lowest BCUT2D eigenvalue weighted by Gasteiger charge is -2.34. The second-order valence-electron chi connectivity index (χ2n) is 6.86. The molecule has 1 aliphatic heterocycles.